The monoisotopic (exact) mass is 566 g/mol. The zero-order valence-electron chi connectivity index (χ0n) is 20.2. The van der Waals surface area contributed by atoms with E-state index in [9.17, 15) is 9.59 Å². The molecule has 0 bridgehead atoms. The van der Waals surface area contributed by atoms with Crippen molar-refractivity contribution in [1.82, 2.24) is 14.5 Å². The number of carbonyl (C=O) groups excluding carboxylic acids is 1. The van der Waals surface area contributed by atoms with Crippen LogP contribution in [0.2, 0.25) is 5.02 Å². The summed E-state index contributed by atoms with van der Waals surface area (Å²) in [5.41, 5.74) is 1.75. The number of nitrogens with one attached hydrogen (secondary N) is 1. The maximum Gasteiger partial charge on any atom is 0.322 e. The fourth-order valence-electron chi connectivity index (χ4n) is 4.24. The third-order valence-corrected chi connectivity index (χ3v) is 6.80. The number of fused-ring (bicyclic) bond motifs is 1. The van der Waals surface area contributed by atoms with Gasteiger partial charge in [-0.1, -0.05) is 66.0 Å². The SMILES string of the molecule is CCCCN(C(=O)Nc1cccc(Cl)c1)C(CC)c1nc2ccccc2c(=O)n1-c1ccc(Br)cc1. The van der Waals surface area contributed by atoms with Gasteiger partial charge in [0, 0.05) is 21.7 Å². The molecule has 1 heterocycles. The van der Waals surface area contributed by atoms with E-state index in [-0.39, 0.29) is 11.6 Å². The number of amides is 2. The summed E-state index contributed by atoms with van der Waals surface area (Å²) in [5, 5.41) is 4.05. The van der Waals surface area contributed by atoms with Gasteiger partial charge in [-0.3, -0.25) is 9.36 Å². The molecule has 0 fully saturated rings. The first-order valence-corrected chi connectivity index (χ1v) is 13.2. The molecule has 1 N–H and O–H groups in total. The summed E-state index contributed by atoms with van der Waals surface area (Å²) in [6.07, 6.45) is 2.31. The summed E-state index contributed by atoms with van der Waals surface area (Å²) in [4.78, 5) is 34.1. The standard InChI is InChI=1S/C28H28BrClN4O2/c1-3-5-17-33(28(36)31-21-10-8-9-20(30)18-21)25(4-2)26-32-24-12-7-6-11-23(24)27(35)34(26)22-15-13-19(29)14-16-22/h6-16,18,25H,3-5,17H2,1-2H3,(H,31,36). The van der Waals surface area contributed by atoms with Crippen molar-refractivity contribution in [3.05, 3.63) is 98.5 Å². The summed E-state index contributed by atoms with van der Waals surface area (Å²) in [6.45, 7) is 4.61. The molecule has 0 saturated heterocycles. The van der Waals surface area contributed by atoms with Crippen molar-refractivity contribution in [2.45, 2.75) is 39.2 Å². The van der Waals surface area contributed by atoms with E-state index in [2.05, 4.69) is 28.2 Å². The van der Waals surface area contributed by atoms with Gasteiger partial charge in [-0.05, 0) is 67.4 Å². The van der Waals surface area contributed by atoms with Crippen LogP contribution in [0.5, 0.6) is 0 Å². The zero-order valence-corrected chi connectivity index (χ0v) is 22.6. The topological polar surface area (TPSA) is 67.2 Å². The van der Waals surface area contributed by atoms with Crippen molar-refractivity contribution >= 4 is 50.2 Å². The lowest BCUT2D eigenvalue weighted by atomic mass is 10.1. The fourth-order valence-corrected chi connectivity index (χ4v) is 4.70. The molecule has 186 valence electrons. The highest BCUT2D eigenvalue weighted by atomic mass is 79.9. The predicted molar refractivity (Wildman–Crippen MR) is 150 cm³/mol. The van der Waals surface area contributed by atoms with Crippen LogP contribution in [0.1, 0.15) is 45.0 Å². The number of halogens is 2. The van der Waals surface area contributed by atoms with Crippen LogP contribution in [0.4, 0.5) is 10.5 Å². The fraction of sp³-hybridized carbons (Fsp3) is 0.250. The summed E-state index contributed by atoms with van der Waals surface area (Å²) in [6, 6.07) is 21.2. The van der Waals surface area contributed by atoms with Crippen LogP contribution < -0.4 is 10.9 Å². The Kier molecular flexibility index (Phi) is 8.44. The molecular weight excluding hydrogens is 540 g/mol. The number of rotatable bonds is 8. The van der Waals surface area contributed by atoms with E-state index in [0.717, 1.165) is 17.3 Å². The molecule has 0 spiro atoms. The number of hydrogen-bond acceptors (Lipinski definition) is 3. The first-order chi connectivity index (χ1) is 17.4. The van der Waals surface area contributed by atoms with Gasteiger partial charge in [0.25, 0.3) is 5.56 Å². The third kappa shape index (κ3) is 5.63. The van der Waals surface area contributed by atoms with E-state index in [1.807, 2.05) is 49.4 Å². The Morgan fingerprint density at radius 1 is 1.08 bits per heavy atom. The lowest BCUT2D eigenvalue weighted by Gasteiger charge is -2.32. The lowest BCUT2D eigenvalue weighted by Crippen LogP contribution is -2.41. The minimum atomic E-state index is -0.434. The molecule has 0 aliphatic heterocycles. The first-order valence-electron chi connectivity index (χ1n) is 12.0. The third-order valence-electron chi connectivity index (χ3n) is 6.04. The Morgan fingerprint density at radius 2 is 1.83 bits per heavy atom. The summed E-state index contributed by atoms with van der Waals surface area (Å²) >= 11 is 9.60. The van der Waals surface area contributed by atoms with Crippen molar-refractivity contribution in [2.24, 2.45) is 0 Å². The van der Waals surface area contributed by atoms with E-state index in [0.29, 0.717) is 46.1 Å². The van der Waals surface area contributed by atoms with Crippen molar-refractivity contribution in [1.29, 1.82) is 0 Å². The Labute approximate surface area is 224 Å². The number of urea groups is 1. The lowest BCUT2D eigenvalue weighted by molar-refractivity contribution is 0.180. The van der Waals surface area contributed by atoms with Crippen molar-refractivity contribution in [3.8, 4) is 5.69 Å². The maximum absolute atomic E-state index is 13.8. The Balaban J connectivity index is 1.86. The number of carbonyl (C=O) groups is 1. The number of nitrogens with zero attached hydrogens (tertiary/aromatic N) is 3. The van der Waals surface area contributed by atoms with Gasteiger partial charge in [-0.25, -0.2) is 9.78 Å². The zero-order chi connectivity index (χ0) is 25.7. The highest BCUT2D eigenvalue weighted by Crippen LogP contribution is 2.28. The summed E-state index contributed by atoms with van der Waals surface area (Å²) in [5.74, 6) is 0.529. The molecule has 1 aromatic heterocycles. The van der Waals surface area contributed by atoms with Crippen molar-refractivity contribution < 1.29 is 4.79 Å². The number of hydrogen-bond donors (Lipinski definition) is 1. The van der Waals surface area contributed by atoms with Gasteiger partial charge in [0.1, 0.15) is 5.82 Å². The molecule has 1 unspecified atom stereocenters. The molecular formula is C28H28BrClN4O2. The van der Waals surface area contributed by atoms with Gasteiger partial charge in [0.15, 0.2) is 0 Å². The molecule has 1 atom stereocenters. The van der Waals surface area contributed by atoms with Crippen LogP contribution in [-0.4, -0.2) is 27.0 Å². The summed E-state index contributed by atoms with van der Waals surface area (Å²) < 4.78 is 2.54. The second kappa shape index (κ2) is 11.7. The van der Waals surface area contributed by atoms with E-state index in [1.165, 1.54) is 0 Å². The number of para-hydroxylation sites is 1. The summed E-state index contributed by atoms with van der Waals surface area (Å²) in [7, 11) is 0. The maximum atomic E-state index is 13.8. The second-order valence-electron chi connectivity index (χ2n) is 8.52. The molecule has 0 aliphatic carbocycles. The molecule has 4 aromatic rings. The van der Waals surface area contributed by atoms with Gasteiger partial charge in [0.05, 0.1) is 22.6 Å². The molecule has 2 amide bonds. The Hall–Kier alpha value is -3.16. The molecule has 4 rings (SSSR count). The smallest absolute Gasteiger partial charge is 0.314 e. The van der Waals surface area contributed by atoms with Crippen LogP contribution in [-0.2, 0) is 0 Å². The number of benzene rings is 3. The highest BCUT2D eigenvalue weighted by Gasteiger charge is 2.29. The highest BCUT2D eigenvalue weighted by molar-refractivity contribution is 9.10. The van der Waals surface area contributed by atoms with Gasteiger partial charge in [-0.2, -0.15) is 0 Å². The molecule has 6 nitrogen and oxygen atoms in total. The molecule has 0 radical (unpaired) electrons. The van der Waals surface area contributed by atoms with E-state index in [4.69, 9.17) is 16.6 Å². The van der Waals surface area contributed by atoms with Crippen molar-refractivity contribution in [2.75, 3.05) is 11.9 Å². The van der Waals surface area contributed by atoms with E-state index in [1.54, 1.807) is 39.8 Å². The molecule has 0 aliphatic rings. The average molecular weight is 568 g/mol. The van der Waals surface area contributed by atoms with Gasteiger partial charge < -0.3 is 10.2 Å². The van der Waals surface area contributed by atoms with Crippen LogP contribution >= 0.6 is 27.5 Å². The Morgan fingerprint density at radius 3 is 2.53 bits per heavy atom. The quantitative estimate of drug-likeness (QED) is 0.239. The first kappa shape index (κ1) is 25.9. The number of unbranched alkanes of at least 4 members (excludes halogenated alkanes) is 1. The van der Waals surface area contributed by atoms with Crippen molar-refractivity contribution in [3.63, 3.8) is 0 Å². The number of anilines is 1. The van der Waals surface area contributed by atoms with Gasteiger partial charge >= 0.3 is 6.03 Å². The largest absolute Gasteiger partial charge is 0.322 e. The van der Waals surface area contributed by atoms with Gasteiger partial charge in [0.2, 0.25) is 0 Å². The molecule has 3 aromatic carbocycles. The van der Waals surface area contributed by atoms with Crippen LogP contribution in [0.25, 0.3) is 16.6 Å². The van der Waals surface area contributed by atoms with Crippen LogP contribution in [0.3, 0.4) is 0 Å². The number of aromatic nitrogens is 2. The normalized spacial score (nSPS) is 11.9. The molecule has 36 heavy (non-hydrogen) atoms. The average Bonchev–Trinajstić information content (AvgIpc) is 2.87. The van der Waals surface area contributed by atoms with Gasteiger partial charge in [-0.15, -0.1) is 0 Å². The molecule has 8 heteroatoms. The Bertz CT molecular complexity index is 1420. The predicted octanol–water partition coefficient (Wildman–Crippen LogP) is 7.59. The second-order valence-corrected chi connectivity index (χ2v) is 9.87. The van der Waals surface area contributed by atoms with E-state index < -0.39 is 6.04 Å². The molecule has 0 saturated carbocycles. The van der Waals surface area contributed by atoms with E-state index >= 15 is 0 Å². The van der Waals surface area contributed by atoms with Crippen LogP contribution in [0.15, 0.2) is 82.1 Å². The minimum Gasteiger partial charge on any atom is -0.314 e. The minimum absolute atomic E-state index is 0.165. The van der Waals surface area contributed by atoms with Crippen LogP contribution in [0, 0.1) is 0 Å².